The number of esters is 1. The van der Waals surface area contributed by atoms with E-state index in [1.807, 2.05) is 0 Å². The van der Waals surface area contributed by atoms with Crippen molar-refractivity contribution in [3.8, 4) is 11.8 Å². The zero-order valence-corrected chi connectivity index (χ0v) is 12.6. The number of carbonyl (C=O) groups is 2. The molecule has 0 aromatic heterocycles. The summed E-state index contributed by atoms with van der Waals surface area (Å²) in [6.45, 7) is 1.55. The van der Waals surface area contributed by atoms with Gasteiger partial charge in [0.1, 0.15) is 11.3 Å². The SMILES string of the molecule is COC(=O)c1ccc(OCC(=O)N[C@@](C)(C#N)C2CC2)cc1. The van der Waals surface area contributed by atoms with E-state index in [0.717, 1.165) is 12.8 Å². The van der Waals surface area contributed by atoms with Gasteiger partial charge in [-0.15, -0.1) is 0 Å². The van der Waals surface area contributed by atoms with Gasteiger partial charge < -0.3 is 14.8 Å². The molecule has 1 aliphatic rings. The van der Waals surface area contributed by atoms with Crippen molar-refractivity contribution >= 4 is 11.9 Å². The van der Waals surface area contributed by atoms with Crippen LogP contribution in [-0.2, 0) is 9.53 Å². The highest BCUT2D eigenvalue weighted by Crippen LogP contribution is 2.39. The predicted octanol–water partition coefficient (Wildman–Crippen LogP) is 1.66. The minimum atomic E-state index is -0.824. The average molecular weight is 302 g/mol. The first-order valence-electron chi connectivity index (χ1n) is 7.02. The summed E-state index contributed by atoms with van der Waals surface area (Å²) < 4.78 is 9.95. The van der Waals surface area contributed by atoms with Gasteiger partial charge in [-0.25, -0.2) is 4.79 Å². The molecule has 116 valence electrons. The van der Waals surface area contributed by atoms with Gasteiger partial charge >= 0.3 is 5.97 Å². The number of methoxy groups -OCH3 is 1. The number of hydrogen-bond donors (Lipinski definition) is 1. The molecule has 1 N–H and O–H groups in total. The van der Waals surface area contributed by atoms with Crippen LogP contribution in [0.2, 0.25) is 0 Å². The van der Waals surface area contributed by atoms with E-state index in [4.69, 9.17) is 4.74 Å². The third kappa shape index (κ3) is 3.76. The predicted molar refractivity (Wildman–Crippen MR) is 78.2 cm³/mol. The van der Waals surface area contributed by atoms with Crippen molar-refractivity contribution in [3.05, 3.63) is 29.8 Å². The molecule has 6 heteroatoms. The summed E-state index contributed by atoms with van der Waals surface area (Å²) in [5, 5.41) is 11.9. The molecule has 1 amide bonds. The molecule has 0 radical (unpaired) electrons. The monoisotopic (exact) mass is 302 g/mol. The summed E-state index contributed by atoms with van der Waals surface area (Å²) in [5.74, 6) is -0.0832. The Labute approximate surface area is 129 Å². The van der Waals surface area contributed by atoms with Gasteiger partial charge in [-0.05, 0) is 49.9 Å². The topological polar surface area (TPSA) is 88.4 Å². The number of benzene rings is 1. The van der Waals surface area contributed by atoms with E-state index in [9.17, 15) is 14.9 Å². The summed E-state index contributed by atoms with van der Waals surface area (Å²) in [7, 11) is 1.31. The van der Waals surface area contributed by atoms with E-state index < -0.39 is 11.5 Å². The van der Waals surface area contributed by atoms with Crippen molar-refractivity contribution in [2.24, 2.45) is 5.92 Å². The van der Waals surface area contributed by atoms with E-state index in [0.29, 0.717) is 11.3 Å². The van der Waals surface area contributed by atoms with Crippen molar-refractivity contribution < 1.29 is 19.1 Å². The Kier molecular flexibility index (Phi) is 4.66. The second-order valence-corrected chi connectivity index (χ2v) is 5.44. The van der Waals surface area contributed by atoms with Crippen LogP contribution in [0.25, 0.3) is 0 Å². The van der Waals surface area contributed by atoms with Gasteiger partial charge in [0.15, 0.2) is 6.61 Å². The first-order chi connectivity index (χ1) is 10.5. The first kappa shape index (κ1) is 15.8. The van der Waals surface area contributed by atoms with Crippen LogP contribution >= 0.6 is 0 Å². The van der Waals surface area contributed by atoms with E-state index in [1.165, 1.54) is 7.11 Å². The average Bonchev–Trinajstić information content (AvgIpc) is 3.38. The van der Waals surface area contributed by atoms with Crippen LogP contribution in [0, 0.1) is 17.2 Å². The Balaban J connectivity index is 1.86. The van der Waals surface area contributed by atoms with Crippen LogP contribution in [-0.4, -0.2) is 31.1 Å². The van der Waals surface area contributed by atoms with Crippen molar-refractivity contribution in [2.75, 3.05) is 13.7 Å². The quantitative estimate of drug-likeness (QED) is 0.807. The molecule has 2 rings (SSSR count). The highest BCUT2D eigenvalue weighted by molar-refractivity contribution is 5.89. The van der Waals surface area contributed by atoms with Crippen LogP contribution in [0.15, 0.2) is 24.3 Å². The van der Waals surface area contributed by atoms with Gasteiger partial charge in [0.25, 0.3) is 5.91 Å². The molecule has 1 saturated carbocycles. The van der Waals surface area contributed by atoms with Crippen LogP contribution in [0.5, 0.6) is 5.75 Å². The molecule has 0 unspecified atom stereocenters. The number of rotatable bonds is 6. The number of ether oxygens (including phenoxy) is 2. The van der Waals surface area contributed by atoms with Crippen LogP contribution in [0.3, 0.4) is 0 Å². The van der Waals surface area contributed by atoms with Gasteiger partial charge in [-0.3, -0.25) is 4.79 Å². The van der Waals surface area contributed by atoms with Gasteiger partial charge in [0.2, 0.25) is 0 Å². The fourth-order valence-electron chi connectivity index (χ4n) is 2.16. The van der Waals surface area contributed by atoms with Crippen molar-refractivity contribution in [1.82, 2.24) is 5.32 Å². The summed E-state index contributed by atoms with van der Waals surface area (Å²) >= 11 is 0. The minimum Gasteiger partial charge on any atom is -0.484 e. The Morgan fingerprint density at radius 2 is 2.00 bits per heavy atom. The van der Waals surface area contributed by atoms with Gasteiger partial charge in [0, 0.05) is 0 Å². The van der Waals surface area contributed by atoms with Crippen molar-refractivity contribution in [1.29, 1.82) is 5.26 Å². The molecule has 1 aromatic carbocycles. The van der Waals surface area contributed by atoms with Crippen molar-refractivity contribution in [3.63, 3.8) is 0 Å². The third-order valence-corrected chi connectivity index (χ3v) is 3.67. The Bertz CT molecular complexity index is 602. The molecule has 1 atom stereocenters. The summed E-state index contributed by atoms with van der Waals surface area (Å²) in [6.07, 6.45) is 1.92. The van der Waals surface area contributed by atoms with Crippen LogP contribution < -0.4 is 10.1 Å². The maximum absolute atomic E-state index is 11.9. The molecule has 0 spiro atoms. The van der Waals surface area contributed by atoms with E-state index in [-0.39, 0.29) is 18.4 Å². The molecule has 0 heterocycles. The molecule has 6 nitrogen and oxygen atoms in total. The Hall–Kier alpha value is -2.55. The lowest BCUT2D eigenvalue weighted by Gasteiger charge is -2.22. The first-order valence-corrected chi connectivity index (χ1v) is 7.02. The van der Waals surface area contributed by atoms with E-state index >= 15 is 0 Å². The normalized spacial score (nSPS) is 16.0. The van der Waals surface area contributed by atoms with Gasteiger partial charge in [-0.2, -0.15) is 5.26 Å². The molecule has 0 saturated heterocycles. The summed E-state index contributed by atoms with van der Waals surface area (Å²) in [4.78, 5) is 23.2. The fourth-order valence-corrected chi connectivity index (χ4v) is 2.16. The van der Waals surface area contributed by atoms with Gasteiger partial charge in [-0.1, -0.05) is 0 Å². The van der Waals surface area contributed by atoms with Crippen LogP contribution in [0.4, 0.5) is 0 Å². The lowest BCUT2D eigenvalue weighted by Crippen LogP contribution is -2.48. The van der Waals surface area contributed by atoms with Crippen LogP contribution in [0.1, 0.15) is 30.1 Å². The molecule has 0 aliphatic heterocycles. The largest absolute Gasteiger partial charge is 0.484 e. The number of nitriles is 1. The maximum atomic E-state index is 11.9. The molecule has 1 fully saturated rings. The second-order valence-electron chi connectivity index (χ2n) is 5.44. The molecular formula is C16H18N2O4. The zero-order valence-electron chi connectivity index (χ0n) is 12.6. The number of nitrogens with one attached hydrogen (secondary N) is 1. The highest BCUT2D eigenvalue weighted by Gasteiger charge is 2.43. The summed E-state index contributed by atoms with van der Waals surface area (Å²) in [5.41, 5.74) is -0.417. The molecule has 1 aromatic rings. The van der Waals surface area contributed by atoms with Gasteiger partial charge in [0.05, 0.1) is 18.7 Å². The maximum Gasteiger partial charge on any atom is 0.337 e. The minimum absolute atomic E-state index is 0.179. The lowest BCUT2D eigenvalue weighted by molar-refractivity contribution is -0.124. The Morgan fingerprint density at radius 1 is 1.36 bits per heavy atom. The Morgan fingerprint density at radius 3 is 2.50 bits per heavy atom. The summed E-state index contributed by atoms with van der Waals surface area (Å²) in [6, 6.07) is 8.45. The zero-order chi connectivity index (χ0) is 16.2. The highest BCUT2D eigenvalue weighted by atomic mass is 16.5. The number of hydrogen-bond acceptors (Lipinski definition) is 5. The van der Waals surface area contributed by atoms with Crippen molar-refractivity contribution in [2.45, 2.75) is 25.3 Å². The third-order valence-electron chi connectivity index (χ3n) is 3.67. The number of amides is 1. The standard InChI is InChI=1S/C16H18N2O4/c1-16(10-17,12-5-6-12)18-14(19)9-22-13-7-3-11(4-8-13)15(20)21-2/h3-4,7-8,12H,5-6,9H2,1-2H3,(H,18,19)/t16-/m0/s1. The fraction of sp³-hybridized carbons (Fsp3) is 0.438. The van der Waals surface area contributed by atoms with E-state index in [2.05, 4.69) is 16.1 Å². The smallest absolute Gasteiger partial charge is 0.337 e. The molecule has 0 bridgehead atoms. The lowest BCUT2D eigenvalue weighted by atomic mass is 9.98. The molecule has 22 heavy (non-hydrogen) atoms. The van der Waals surface area contributed by atoms with E-state index in [1.54, 1.807) is 31.2 Å². The number of nitrogens with zero attached hydrogens (tertiary/aromatic N) is 1. The molecule has 1 aliphatic carbocycles. The second kappa shape index (κ2) is 6.48. The number of carbonyl (C=O) groups excluding carboxylic acids is 2. The molecular weight excluding hydrogens is 284 g/mol.